The maximum atomic E-state index is 5.68. The first-order valence-electron chi connectivity index (χ1n) is 3.68. The number of nitrogens with zero attached hydrogens (tertiary/aromatic N) is 3. The molecule has 0 aliphatic carbocycles. The summed E-state index contributed by atoms with van der Waals surface area (Å²) in [5.41, 5.74) is 1.97. The summed E-state index contributed by atoms with van der Waals surface area (Å²) in [5.74, 6) is 0. The number of aryl methyl sites for hydroxylation is 1. The average Bonchev–Trinajstić information content (AvgIpc) is 2.52. The first-order valence-corrected chi connectivity index (χ1v) is 4.87. The molecule has 0 saturated heterocycles. The van der Waals surface area contributed by atoms with Crippen LogP contribution in [0.4, 0.5) is 0 Å². The van der Waals surface area contributed by atoms with Crippen LogP contribution in [0.2, 0.25) is 4.47 Å². The molecule has 0 unspecified atom stereocenters. The number of hydrogen-bond donors (Lipinski definition) is 0. The molecule has 0 spiro atoms. The van der Waals surface area contributed by atoms with Crippen LogP contribution in [-0.4, -0.2) is 15.2 Å². The van der Waals surface area contributed by atoms with Gasteiger partial charge in [0.2, 0.25) is 4.47 Å². The minimum absolute atomic E-state index is 0.462. The van der Waals surface area contributed by atoms with Gasteiger partial charge in [0.1, 0.15) is 5.01 Å². The van der Waals surface area contributed by atoms with Gasteiger partial charge in [0.15, 0.2) is 0 Å². The summed E-state index contributed by atoms with van der Waals surface area (Å²) in [5, 5.41) is 8.50. The van der Waals surface area contributed by atoms with Crippen LogP contribution < -0.4 is 0 Å². The molecule has 5 heteroatoms. The third-order valence-corrected chi connectivity index (χ3v) is 2.61. The monoisotopic (exact) mass is 211 g/mol. The molecule has 0 fully saturated rings. The molecular formula is C8H6ClN3S. The molecule has 2 rings (SSSR count). The standard InChI is InChI=1S/C8H6ClN3S/c1-5-4-6(2-3-10-5)7-11-12-8(9)13-7/h2-4H,1H3. The van der Waals surface area contributed by atoms with E-state index in [0.29, 0.717) is 4.47 Å². The largest absolute Gasteiger partial charge is 0.262 e. The van der Waals surface area contributed by atoms with E-state index < -0.39 is 0 Å². The van der Waals surface area contributed by atoms with E-state index in [-0.39, 0.29) is 0 Å². The summed E-state index contributed by atoms with van der Waals surface area (Å²) in [4.78, 5) is 4.10. The third-order valence-electron chi connectivity index (χ3n) is 1.54. The minimum Gasteiger partial charge on any atom is -0.262 e. The smallest absolute Gasteiger partial charge is 0.207 e. The summed E-state index contributed by atoms with van der Waals surface area (Å²) >= 11 is 7.04. The van der Waals surface area contributed by atoms with Gasteiger partial charge < -0.3 is 0 Å². The molecule has 0 bridgehead atoms. The summed E-state index contributed by atoms with van der Waals surface area (Å²) in [6.45, 7) is 1.94. The van der Waals surface area contributed by atoms with Crippen LogP contribution in [0.5, 0.6) is 0 Å². The predicted octanol–water partition coefficient (Wildman–Crippen LogP) is 2.56. The molecule has 0 aliphatic heterocycles. The van der Waals surface area contributed by atoms with Gasteiger partial charge in [-0.1, -0.05) is 11.3 Å². The number of hydrogen-bond acceptors (Lipinski definition) is 4. The van der Waals surface area contributed by atoms with Gasteiger partial charge in [-0.3, -0.25) is 4.98 Å². The van der Waals surface area contributed by atoms with Crippen molar-refractivity contribution in [2.45, 2.75) is 6.92 Å². The first-order chi connectivity index (χ1) is 6.25. The van der Waals surface area contributed by atoms with Crippen LogP contribution in [0.15, 0.2) is 18.3 Å². The molecule has 0 aromatic carbocycles. The van der Waals surface area contributed by atoms with Gasteiger partial charge in [-0.25, -0.2) is 0 Å². The zero-order chi connectivity index (χ0) is 9.26. The Morgan fingerprint density at radius 2 is 2.23 bits per heavy atom. The Morgan fingerprint density at radius 3 is 2.85 bits per heavy atom. The van der Waals surface area contributed by atoms with Crippen LogP contribution in [0, 0.1) is 6.92 Å². The minimum atomic E-state index is 0.462. The summed E-state index contributed by atoms with van der Waals surface area (Å²) in [7, 11) is 0. The molecule has 0 radical (unpaired) electrons. The molecule has 2 aromatic rings. The SMILES string of the molecule is Cc1cc(-c2nnc(Cl)s2)ccn1. The third kappa shape index (κ3) is 1.84. The van der Waals surface area contributed by atoms with E-state index in [1.54, 1.807) is 6.20 Å². The Labute approximate surface area is 84.4 Å². The van der Waals surface area contributed by atoms with E-state index in [1.807, 2.05) is 19.1 Å². The van der Waals surface area contributed by atoms with Crippen LogP contribution in [-0.2, 0) is 0 Å². The van der Waals surface area contributed by atoms with Crippen molar-refractivity contribution in [2.24, 2.45) is 0 Å². The summed E-state index contributed by atoms with van der Waals surface area (Å²) < 4.78 is 0.462. The highest BCUT2D eigenvalue weighted by molar-refractivity contribution is 7.18. The van der Waals surface area contributed by atoms with Crippen molar-refractivity contribution < 1.29 is 0 Å². The zero-order valence-corrected chi connectivity index (χ0v) is 8.43. The van der Waals surface area contributed by atoms with E-state index in [4.69, 9.17) is 11.6 Å². The Hall–Kier alpha value is -1.000. The Bertz CT molecular complexity index is 427. The molecule has 2 heterocycles. The molecule has 66 valence electrons. The van der Waals surface area contributed by atoms with E-state index >= 15 is 0 Å². The lowest BCUT2D eigenvalue weighted by Gasteiger charge is -1.94. The molecule has 0 aliphatic rings. The second-order valence-corrected chi connectivity index (χ2v) is 4.11. The average molecular weight is 212 g/mol. The maximum absolute atomic E-state index is 5.68. The quantitative estimate of drug-likeness (QED) is 0.728. The highest BCUT2D eigenvalue weighted by atomic mass is 35.5. The topological polar surface area (TPSA) is 38.7 Å². The number of halogens is 1. The molecule has 0 atom stereocenters. The van der Waals surface area contributed by atoms with E-state index in [1.165, 1.54) is 11.3 Å². The normalized spacial score (nSPS) is 10.3. The molecule has 3 nitrogen and oxygen atoms in total. The van der Waals surface area contributed by atoms with Crippen LogP contribution >= 0.6 is 22.9 Å². The van der Waals surface area contributed by atoms with Crippen molar-refractivity contribution in [1.82, 2.24) is 15.2 Å². The molecule has 0 N–H and O–H groups in total. The van der Waals surface area contributed by atoms with Crippen LogP contribution in [0.3, 0.4) is 0 Å². The number of rotatable bonds is 1. The van der Waals surface area contributed by atoms with Crippen molar-refractivity contribution in [3.8, 4) is 10.6 Å². The van der Waals surface area contributed by atoms with Crippen LogP contribution in [0.1, 0.15) is 5.69 Å². The van der Waals surface area contributed by atoms with Gasteiger partial charge in [0, 0.05) is 17.5 Å². The van der Waals surface area contributed by atoms with Crippen molar-refractivity contribution in [3.05, 3.63) is 28.5 Å². The Balaban J connectivity index is 2.46. The van der Waals surface area contributed by atoms with E-state index in [0.717, 1.165) is 16.3 Å². The number of aromatic nitrogens is 3. The second kappa shape index (κ2) is 3.40. The highest BCUT2D eigenvalue weighted by Gasteiger charge is 2.04. The van der Waals surface area contributed by atoms with Crippen molar-refractivity contribution in [2.75, 3.05) is 0 Å². The molecular weight excluding hydrogens is 206 g/mol. The van der Waals surface area contributed by atoms with Gasteiger partial charge in [0.25, 0.3) is 0 Å². The van der Waals surface area contributed by atoms with E-state index in [9.17, 15) is 0 Å². The summed E-state index contributed by atoms with van der Waals surface area (Å²) in [6, 6.07) is 3.85. The fourth-order valence-corrected chi connectivity index (χ4v) is 1.83. The van der Waals surface area contributed by atoms with Crippen molar-refractivity contribution in [1.29, 1.82) is 0 Å². The van der Waals surface area contributed by atoms with Gasteiger partial charge >= 0.3 is 0 Å². The van der Waals surface area contributed by atoms with Gasteiger partial charge in [-0.2, -0.15) is 0 Å². The van der Waals surface area contributed by atoms with Crippen molar-refractivity contribution in [3.63, 3.8) is 0 Å². The predicted molar refractivity (Wildman–Crippen MR) is 52.9 cm³/mol. The van der Waals surface area contributed by atoms with E-state index in [2.05, 4.69) is 15.2 Å². The first kappa shape index (κ1) is 8.59. The fourth-order valence-electron chi connectivity index (χ4n) is 1.00. The van der Waals surface area contributed by atoms with Crippen LogP contribution in [0.25, 0.3) is 10.6 Å². The second-order valence-electron chi connectivity index (χ2n) is 2.55. The zero-order valence-electron chi connectivity index (χ0n) is 6.86. The number of pyridine rings is 1. The lowest BCUT2D eigenvalue weighted by molar-refractivity contribution is 1.09. The molecule has 13 heavy (non-hydrogen) atoms. The van der Waals surface area contributed by atoms with Gasteiger partial charge in [-0.15, -0.1) is 10.2 Å². The molecule has 0 saturated carbocycles. The lowest BCUT2D eigenvalue weighted by Crippen LogP contribution is -1.81. The molecule has 0 amide bonds. The Kier molecular flexibility index (Phi) is 2.24. The van der Waals surface area contributed by atoms with Crippen molar-refractivity contribution >= 4 is 22.9 Å². The highest BCUT2D eigenvalue weighted by Crippen LogP contribution is 2.25. The fraction of sp³-hybridized carbons (Fsp3) is 0.125. The maximum Gasteiger partial charge on any atom is 0.207 e. The lowest BCUT2D eigenvalue weighted by atomic mass is 10.2. The molecule has 2 aromatic heterocycles. The summed E-state index contributed by atoms with van der Waals surface area (Å²) in [6.07, 6.45) is 1.75. The van der Waals surface area contributed by atoms with Gasteiger partial charge in [-0.05, 0) is 30.7 Å². The van der Waals surface area contributed by atoms with Gasteiger partial charge in [0.05, 0.1) is 0 Å². The Morgan fingerprint density at radius 1 is 1.38 bits per heavy atom.